The lowest BCUT2D eigenvalue weighted by atomic mass is 9.79. The van der Waals surface area contributed by atoms with Crippen LogP contribution < -0.4 is 4.72 Å². The fourth-order valence-corrected chi connectivity index (χ4v) is 7.73. The van der Waals surface area contributed by atoms with Crippen molar-refractivity contribution in [3.05, 3.63) is 77.9 Å². The van der Waals surface area contributed by atoms with E-state index < -0.39 is 10.0 Å². The van der Waals surface area contributed by atoms with Crippen LogP contribution in [0.15, 0.2) is 65.6 Å². The lowest BCUT2D eigenvalue weighted by molar-refractivity contribution is 0.0959. The van der Waals surface area contributed by atoms with Crippen LogP contribution in [-0.4, -0.2) is 53.3 Å². The fourth-order valence-electron chi connectivity index (χ4n) is 6.54. The van der Waals surface area contributed by atoms with Gasteiger partial charge in [-0.1, -0.05) is 69.3 Å². The molecule has 2 bridgehead atoms. The summed E-state index contributed by atoms with van der Waals surface area (Å²) < 4.78 is 31.4. The highest BCUT2D eigenvalue weighted by molar-refractivity contribution is 7.89. The highest BCUT2D eigenvalue weighted by Crippen LogP contribution is 2.43. The van der Waals surface area contributed by atoms with Crippen molar-refractivity contribution in [3.63, 3.8) is 0 Å². The van der Waals surface area contributed by atoms with E-state index in [2.05, 4.69) is 64.2 Å². The first-order valence-corrected chi connectivity index (χ1v) is 15.4. The third-order valence-electron chi connectivity index (χ3n) is 8.73. The summed E-state index contributed by atoms with van der Waals surface area (Å²) in [7, 11) is -3.58. The van der Waals surface area contributed by atoms with E-state index in [1.165, 1.54) is 18.4 Å². The van der Waals surface area contributed by atoms with E-state index >= 15 is 0 Å². The highest BCUT2D eigenvalue weighted by atomic mass is 32.2. The molecule has 8 heteroatoms. The largest absolute Gasteiger partial charge is 0.312 e. The molecule has 0 radical (unpaired) electrons. The summed E-state index contributed by atoms with van der Waals surface area (Å²) in [6.45, 7) is 9.98. The third kappa shape index (κ3) is 5.44. The minimum Gasteiger partial charge on any atom is -0.312 e. The van der Waals surface area contributed by atoms with Gasteiger partial charge in [-0.25, -0.2) is 13.1 Å². The van der Waals surface area contributed by atoms with E-state index in [0.717, 1.165) is 37.5 Å². The first-order valence-electron chi connectivity index (χ1n) is 14.0. The van der Waals surface area contributed by atoms with Gasteiger partial charge in [0.15, 0.2) is 0 Å². The van der Waals surface area contributed by atoms with E-state index in [-0.39, 0.29) is 5.41 Å². The molecule has 0 saturated carbocycles. The molecule has 3 heterocycles. The van der Waals surface area contributed by atoms with Crippen LogP contribution >= 0.6 is 0 Å². The van der Waals surface area contributed by atoms with Crippen molar-refractivity contribution < 1.29 is 8.42 Å². The Balaban J connectivity index is 1.30. The summed E-state index contributed by atoms with van der Waals surface area (Å²) in [6.07, 6.45) is 5.58. The van der Waals surface area contributed by atoms with Gasteiger partial charge in [-0.05, 0) is 63.3 Å². The van der Waals surface area contributed by atoms with E-state index in [9.17, 15) is 8.42 Å². The topological polar surface area (TPSA) is 80.1 Å². The lowest BCUT2D eigenvalue weighted by Gasteiger charge is -2.42. The summed E-state index contributed by atoms with van der Waals surface area (Å²) in [6, 6.07) is 20.5. The van der Waals surface area contributed by atoms with Crippen molar-refractivity contribution in [2.24, 2.45) is 0 Å². The average Bonchev–Trinajstić information content (AvgIpc) is 3.42. The Morgan fingerprint density at radius 3 is 2.16 bits per heavy atom. The molecule has 2 aromatic carbocycles. The van der Waals surface area contributed by atoms with Gasteiger partial charge in [0.2, 0.25) is 10.0 Å². The van der Waals surface area contributed by atoms with Gasteiger partial charge in [-0.3, -0.25) is 4.90 Å². The van der Waals surface area contributed by atoms with Gasteiger partial charge in [-0.2, -0.15) is 0 Å². The number of benzene rings is 2. The first-order chi connectivity index (χ1) is 18.2. The van der Waals surface area contributed by atoms with Gasteiger partial charge in [0.1, 0.15) is 11.6 Å². The molecule has 5 rings (SSSR count). The maximum absolute atomic E-state index is 13.0. The number of aromatic nitrogens is 3. The van der Waals surface area contributed by atoms with Crippen molar-refractivity contribution in [3.8, 4) is 0 Å². The minimum atomic E-state index is -3.58. The number of aryl methyl sites for hydroxylation is 1. The number of hydrogen-bond donors (Lipinski definition) is 1. The quantitative estimate of drug-likeness (QED) is 0.386. The molecular formula is C30H41N5O2S. The summed E-state index contributed by atoms with van der Waals surface area (Å²) in [5.74, 6) is 2.48. The third-order valence-corrected chi connectivity index (χ3v) is 10.1. The van der Waals surface area contributed by atoms with Crippen LogP contribution in [-0.2, 0) is 15.4 Å². The van der Waals surface area contributed by atoms with Gasteiger partial charge in [0.25, 0.3) is 0 Å². The molecule has 38 heavy (non-hydrogen) atoms. The van der Waals surface area contributed by atoms with Crippen LogP contribution in [0.4, 0.5) is 0 Å². The lowest BCUT2D eigenvalue weighted by Crippen LogP contribution is -2.47. The molecule has 2 fully saturated rings. The Morgan fingerprint density at radius 2 is 1.55 bits per heavy atom. The summed E-state index contributed by atoms with van der Waals surface area (Å²) >= 11 is 0. The second kappa shape index (κ2) is 10.9. The number of nitrogens with one attached hydrogen (secondary N) is 1. The minimum absolute atomic E-state index is 0.306. The molecule has 0 amide bonds. The molecule has 0 spiro atoms. The molecule has 1 aromatic heterocycles. The molecule has 1 N–H and O–H groups in total. The average molecular weight is 536 g/mol. The molecular weight excluding hydrogens is 494 g/mol. The van der Waals surface area contributed by atoms with E-state index in [4.69, 9.17) is 0 Å². The highest BCUT2D eigenvalue weighted by Gasteiger charge is 2.43. The molecule has 1 unspecified atom stereocenters. The first kappa shape index (κ1) is 27.0. The van der Waals surface area contributed by atoms with Crippen LogP contribution in [0.5, 0.6) is 0 Å². The molecule has 204 valence electrons. The standard InChI is InChI=1S/C30H41N5O2S/c1-22(2)29-33-32-23(3)35(29)27-19-25-15-16-26(20-27)34(25)18-17-30(4,24-11-7-5-8-12-24)21-31-38(36,37)28-13-9-6-10-14-28/h5-14,22,25-27,31H,15-21H2,1-4H3/t25-,26+,27-,30?. The maximum atomic E-state index is 13.0. The Morgan fingerprint density at radius 1 is 0.947 bits per heavy atom. The predicted molar refractivity (Wildman–Crippen MR) is 151 cm³/mol. The Hall–Kier alpha value is -2.55. The molecule has 7 nitrogen and oxygen atoms in total. The Bertz CT molecular complexity index is 1310. The van der Waals surface area contributed by atoms with E-state index in [1.807, 2.05) is 24.3 Å². The van der Waals surface area contributed by atoms with Crippen molar-refractivity contribution in [2.45, 2.75) is 94.2 Å². The SMILES string of the molecule is Cc1nnc(C(C)C)n1[C@@H]1C[C@H]2CC[C@@H](C1)N2CCC(C)(CNS(=O)(=O)c1ccccc1)c1ccccc1. The Labute approximate surface area is 227 Å². The zero-order valence-electron chi connectivity index (χ0n) is 23.0. The number of nitrogens with zero attached hydrogens (tertiary/aromatic N) is 4. The number of sulfonamides is 1. The van der Waals surface area contributed by atoms with Crippen LogP contribution in [0, 0.1) is 6.92 Å². The van der Waals surface area contributed by atoms with Crippen molar-refractivity contribution in [2.75, 3.05) is 13.1 Å². The summed E-state index contributed by atoms with van der Waals surface area (Å²) in [5, 5.41) is 8.90. The monoisotopic (exact) mass is 535 g/mol. The number of hydrogen-bond acceptors (Lipinski definition) is 5. The number of rotatable bonds is 10. The fraction of sp³-hybridized carbons (Fsp3) is 0.533. The summed E-state index contributed by atoms with van der Waals surface area (Å²) in [4.78, 5) is 3.01. The maximum Gasteiger partial charge on any atom is 0.240 e. The van der Waals surface area contributed by atoms with Gasteiger partial charge < -0.3 is 4.57 Å². The molecule has 2 aliphatic rings. The molecule has 2 aliphatic heterocycles. The normalized spacial score (nSPS) is 23.6. The molecule has 2 saturated heterocycles. The van der Waals surface area contributed by atoms with Crippen LogP contribution in [0.2, 0.25) is 0 Å². The number of piperidine rings is 1. The predicted octanol–water partition coefficient (Wildman–Crippen LogP) is 5.20. The summed E-state index contributed by atoms with van der Waals surface area (Å²) in [5.41, 5.74) is 0.842. The van der Waals surface area contributed by atoms with Crippen LogP contribution in [0.1, 0.15) is 82.0 Å². The molecule has 4 atom stereocenters. The van der Waals surface area contributed by atoms with Gasteiger partial charge in [0.05, 0.1) is 4.90 Å². The smallest absolute Gasteiger partial charge is 0.240 e. The van der Waals surface area contributed by atoms with E-state index in [0.29, 0.717) is 35.5 Å². The Kier molecular flexibility index (Phi) is 7.76. The zero-order chi connectivity index (χ0) is 26.9. The second-order valence-electron chi connectivity index (χ2n) is 11.7. The van der Waals surface area contributed by atoms with Crippen molar-refractivity contribution in [1.82, 2.24) is 24.4 Å². The van der Waals surface area contributed by atoms with Gasteiger partial charge in [0, 0.05) is 36.0 Å². The molecule has 3 aromatic rings. The van der Waals surface area contributed by atoms with E-state index in [1.54, 1.807) is 24.3 Å². The second-order valence-corrected chi connectivity index (χ2v) is 13.5. The van der Waals surface area contributed by atoms with Crippen LogP contribution in [0.25, 0.3) is 0 Å². The van der Waals surface area contributed by atoms with Crippen molar-refractivity contribution in [1.29, 1.82) is 0 Å². The molecule has 0 aliphatic carbocycles. The van der Waals surface area contributed by atoms with Gasteiger partial charge >= 0.3 is 0 Å². The number of fused-ring (bicyclic) bond motifs is 2. The zero-order valence-corrected chi connectivity index (χ0v) is 23.9. The van der Waals surface area contributed by atoms with Crippen LogP contribution in [0.3, 0.4) is 0 Å². The van der Waals surface area contributed by atoms with Crippen molar-refractivity contribution >= 4 is 10.0 Å². The van der Waals surface area contributed by atoms with Gasteiger partial charge in [-0.15, -0.1) is 10.2 Å².